The average Bonchev–Trinajstić information content (AvgIpc) is 2.26. The van der Waals surface area contributed by atoms with Crippen LogP contribution in [0.2, 0.25) is 0 Å². The van der Waals surface area contributed by atoms with Gasteiger partial charge in [0.15, 0.2) is 0 Å². The number of amides is 1. The molecule has 1 heterocycles. The maximum atomic E-state index is 12.5. The minimum absolute atomic E-state index is 0.109. The van der Waals surface area contributed by atoms with Gasteiger partial charge in [-0.25, -0.2) is 0 Å². The van der Waals surface area contributed by atoms with Gasteiger partial charge in [0, 0.05) is 40.2 Å². The summed E-state index contributed by atoms with van der Waals surface area (Å²) < 4.78 is 1.84. The molecule has 0 saturated carbocycles. The Morgan fingerprint density at radius 2 is 1.83 bits per heavy atom. The number of nitrogens with zero attached hydrogens (tertiary/aromatic N) is 2. The van der Waals surface area contributed by atoms with Crippen molar-refractivity contribution < 1.29 is 4.79 Å². The topological polar surface area (TPSA) is 23.6 Å². The van der Waals surface area contributed by atoms with E-state index in [1.807, 2.05) is 23.1 Å². The summed E-state index contributed by atoms with van der Waals surface area (Å²) in [6, 6.07) is 5.94. The van der Waals surface area contributed by atoms with Crippen molar-refractivity contribution in [2.24, 2.45) is 0 Å². The van der Waals surface area contributed by atoms with E-state index in [2.05, 4.69) is 50.7 Å². The molecular formula is C13H16Br2N2O. The largest absolute Gasteiger partial charge is 0.333 e. The summed E-state index contributed by atoms with van der Waals surface area (Å²) in [5.74, 6) is 0.109. The Morgan fingerprint density at radius 1 is 1.22 bits per heavy atom. The van der Waals surface area contributed by atoms with Gasteiger partial charge in [-0.3, -0.25) is 4.79 Å². The summed E-state index contributed by atoms with van der Waals surface area (Å²) in [5.41, 5.74) is 0.729. The first-order valence-corrected chi connectivity index (χ1v) is 7.51. The monoisotopic (exact) mass is 374 g/mol. The van der Waals surface area contributed by atoms with Gasteiger partial charge in [-0.1, -0.05) is 31.9 Å². The SMILES string of the molecule is CC1CN(C)CCN1C(=O)c1cc(Br)cc(Br)c1. The molecule has 2 rings (SSSR count). The highest BCUT2D eigenvalue weighted by Gasteiger charge is 2.26. The summed E-state index contributed by atoms with van der Waals surface area (Å²) >= 11 is 6.84. The zero-order chi connectivity index (χ0) is 13.3. The highest BCUT2D eigenvalue weighted by molar-refractivity contribution is 9.11. The molecule has 0 radical (unpaired) electrons. The first-order chi connectivity index (χ1) is 8.47. The van der Waals surface area contributed by atoms with Gasteiger partial charge in [-0.05, 0) is 32.2 Å². The van der Waals surface area contributed by atoms with Gasteiger partial charge >= 0.3 is 0 Å². The predicted octanol–water partition coefficient (Wildman–Crippen LogP) is 2.99. The van der Waals surface area contributed by atoms with Gasteiger partial charge in [-0.2, -0.15) is 0 Å². The van der Waals surface area contributed by atoms with Gasteiger partial charge in [0.25, 0.3) is 5.91 Å². The number of piperazine rings is 1. The van der Waals surface area contributed by atoms with E-state index in [-0.39, 0.29) is 11.9 Å². The third-order valence-electron chi connectivity index (χ3n) is 3.20. The van der Waals surface area contributed by atoms with E-state index in [1.54, 1.807) is 0 Å². The minimum Gasteiger partial charge on any atom is -0.333 e. The maximum absolute atomic E-state index is 12.5. The average molecular weight is 376 g/mol. The van der Waals surface area contributed by atoms with E-state index in [4.69, 9.17) is 0 Å². The van der Waals surface area contributed by atoms with Crippen molar-refractivity contribution in [1.82, 2.24) is 9.80 Å². The molecule has 1 aliphatic heterocycles. The first kappa shape index (κ1) is 14.0. The van der Waals surface area contributed by atoms with Crippen molar-refractivity contribution in [1.29, 1.82) is 0 Å². The summed E-state index contributed by atoms with van der Waals surface area (Å²) in [6.45, 7) is 4.76. The molecule has 1 aromatic rings. The summed E-state index contributed by atoms with van der Waals surface area (Å²) in [5, 5.41) is 0. The van der Waals surface area contributed by atoms with Crippen LogP contribution in [0.3, 0.4) is 0 Å². The third-order valence-corrected chi connectivity index (χ3v) is 4.12. The van der Waals surface area contributed by atoms with Gasteiger partial charge in [0.2, 0.25) is 0 Å². The molecule has 0 spiro atoms. The van der Waals surface area contributed by atoms with Crippen LogP contribution in [0.4, 0.5) is 0 Å². The van der Waals surface area contributed by atoms with Crippen LogP contribution in [0.5, 0.6) is 0 Å². The zero-order valence-corrected chi connectivity index (χ0v) is 13.7. The Hall–Kier alpha value is -0.390. The molecule has 1 unspecified atom stereocenters. The van der Waals surface area contributed by atoms with Crippen LogP contribution in [0.1, 0.15) is 17.3 Å². The highest BCUT2D eigenvalue weighted by atomic mass is 79.9. The van der Waals surface area contributed by atoms with E-state index >= 15 is 0 Å². The van der Waals surface area contributed by atoms with Crippen molar-refractivity contribution in [2.75, 3.05) is 26.7 Å². The molecule has 5 heteroatoms. The smallest absolute Gasteiger partial charge is 0.254 e. The molecule has 18 heavy (non-hydrogen) atoms. The number of halogens is 2. The molecule has 1 aliphatic rings. The Balaban J connectivity index is 2.20. The first-order valence-electron chi connectivity index (χ1n) is 5.93. The molecular weight excluding hydrogens is 360 g/mol. The molecule has 0 N–H and O–H groups in total. The predicted molar refractivity (Wildman–Crippen MR) is 79.8 cm³/mol. The number of carbonyl (C=O) groups excluding carboxylic acids is 1. The molecule has 1 saturated heterocycles. The number of hydrogen-bond acceptors (Lipinski definition) is 2. The number of hydrogen-bond donors (Lipinski definition) is 0. The molecule has 98 valence electrons. The zero-order valence-electron chi connectivity index (χ0n) is 10.5. The van der Waals surface area contributed by atoms with Crippen LogP contribution >= 0.6 is 31.9 Å². The molecule has 0 bridgehead atoms. The quantitative estimate of drug-likeness (QED) is 0.753. The van der Waals surface area contributed by atoms with Crippen molar-refractivity contribution in [3.8, 4) is 0 Å². The van der Waals surface area contributed by atoms with Gasteiger partial charge < -0.3 is 9.80 Å². The van der Waals surface area contributed by atoms with Crippen molar-refractivity contribution in [2.45, 2.75) is 13.0 Å². The van der Waals surface area contributed by atoms with Gasteiger partial charge in [-0.15, -0.1) is 0 Å². The molecule has 0 aliphatic carbocycles. The van der Waals surface area contributed by atoms with Crippen LogP contribution in [-0.4, -0.2) is 48.4 Å². The Morgan fingerprint density at radius 3 is 2.39 bits per heavy atom. The normalized spacial score (nSPS) is 21.1. The second kappa shape index (κ2) is 5.72. The minimum atomic E-state index is 0.109. The molecule has 1 amide bonds. The summed E-state index contributed by atoms with van der Waals surface area (Å²) in [4.78, 5) is 16.7. The van der Waals surface area contributed by atoms with Crippen molar-refractivity contribution >= 4 is 37.8 Å². The van der Waals surface area contributed by atoms with Gasteiger partial charge in [0.1, 0.15) is 0 Å². The van der Waals surface area contributed by atoms with Crippen molar-refractivity contribution in [3.63, 3.8) is 0 Å². The number of rotatable bonds is 1. The van der Waals surface area contributed by atoms with Crippen molar-refractivity contribution in [3.05, 3.63) is 32.7 Å². The van der Waals surface area contributed by atoms with E-state index in [9.17, 15) is 4.79 Å². The fraction of sp³-hybridized carbons (Fsp3) is 0.462. The van der Waals surface area contributed by atoms with E-state index < -0.39 is 0 Å². The lowest BCUT2D eigenvalue weighted by Crippen LogP contribution is -2.52. The maximum Gasteiger partial charge on any atom is 0.254 e. The molecule has 1 atom stereocenters. The van der Waals surface area contributed by atoms with Crippen LogP contribution in [0.25, 0.3) is 0 Å². The Labute approximate surface area is 124 Å². The molecule has 1 fully saturated rings. The fourth-order valence-electron chi connectivity index (χ4n) is 2.28. The van der Waals surface area contributed by atoms with Gasteiger partial charge in [0.05, 0.1) is 0 Å². The summed E-state index contributed by atoms with van der Waals surface area (Å²) in [6.07, 6.45) is 0. The van der Waals surface area contributed by atoms with Crippen LogP contribution in [-0.2, 0) is 0 Å². The lowest BCUT2D eigenvalue weighted by Gasteiger charge is -2.38. The Bertz CT molecular complexity index is 444. The molecule has 0 aromatic heterocycles. The lowest BCUT2D eigenvalue weighted by molar-refractivity contribution is 0.0533. The number of benzene rings is 1. The number of carbonyl (C=O) groups is 1. The fourth-order valence-corrected chi connectivity index (χ4v) is 3.58. The molecule has 3 nitrogen and oxygen atoms in total. The number of likely N-dealkylation sites (N-methyl/N-ethyl adjacent to an activating group) is 1. The second-order valence-corrected chi connectivity index (χ2v) is 6.60. The third kappa shape index (κ3) is 3.13. The molecule has 1 aromatic carbocycles. The standard InChI is InChI=1S/C13H16Br2N2O/c1-9-8-16(2)3-4-17(9)13(18)10-5-11(14)7-12(15)6-10/h5-7,9H,3-4,8H2,1-2H3. The van der Waals surface area contributed by atoms with Crippen LogP contribution in [0.15, 0.2) is 27.1 Å². The van der Waals surface area contributed by atoms with Crippen LogP contribution in [0, 0.1) is 0 Å². The van der Waals surface area contributed by atoms with E-state index in [1.165, 1.54) is 0 Å². The highest BCUT2D eigenvalue weighted by Crippen LogP contribution is 2.22. The second-order valence-electron chi connectivity index (χ2n) is 4.77. The Kier molecular flexibility index (Phi) is 4.45. The van der Waals surface area contributed by atoms with E-state index in [0.717, 1.165) is 34.1 Å². The van der Waals surface area contributed by atoms with E-state index in [0.29, 0.717) is 0 Å². The summed E-state index contributed by atoms with van der Waals surface area (Å²) in [7, 11) is 2.09. The lowest BCUT2D eigenvalue weighted by atomic mass is 10.1. The van der Waals surface area contributed by atoms with Crippen LogP contribution < -0.4 is 0 Å².